The number of rotatable bonds is 8. The molecule has 6 rings (SSSR count). The zero-order valence-corrected chi connectivity index (χ0v) is 31.5. The van der Waals surface area contributed by atoms with E-state index in [0.717, 1.165) is 19.9 Å². The molecule has 0 aliphatic heterocycles. The van der Waals surface area contributed by atoms with Crippen molar-refractivity contribution >= 4 is 51.8 Å². The highest BCUT2D eigenvalue weighted by molar-refractivity contribution is 9.10. The predicted octanol–water partition coefficient (Wildman–Crippen LogP) is 7.00. The van der Waals surface area contributed by atoms with Gasteiger partial charge in [0.2, 0.25) is 0 Å². The second-order valence-electron chi connectivity index (χ2n) is 10.9. The maximum Gasteiger partial charge on any atom is 0.507 e. The van der Waals surface area contributed by atoms with E-state index in [0.29, 0.717) is 22.2 Å². The molecule has 0 aliphatic carbocycles. The summed E-state index contributed by atoms with van der Waals surface area (Å²) in [5.74, 6) is -0.932. The van der Waals surface area contributed by atoms with Crippen molar-refractivity contribution in [2.45, 2.75) is 25.6 Å². The summed E-state index contributed by atoms with van der Waals surface area (Å²) in [7, 11) is 0.632. The summed E-state index contributed by atoms with van der Waals surface area (Å²) in [6.45, 7) is -0.193. The zero-order chi connectivity index (χ0) is 41.4. The normalized spacial score (nSPS) is 11.3. The monoisotopic (exact) mass is 896 g/mol. The van der Waals surface area contributed by atoms with Crippen LogP contribution in [0.2, 0.25) is 10.0 Å². The van der Waals surface area contributed by atoms with Crippen molar-refractivity contribution in [1.29, 1.82) is 0 Å². The number of halogens is 11. The SMILES string of the molecule is Cn1nc(C(F)(F)F)cc1-c1cnc(OCc2c(F)cccc2Cl)nc1.Cn1nc(C(F)(F)F)cc1B(O)O.Fc1cccc(Cl)c1COc1ncc(Br)cn1. The molecule has 0 aliphatic rings. The van der Waals surface area contributed by atoms with E-state index in [1.807, 2.05) is 0 Å². The molecule has 2 aromatic carbocycles. The van der Waals surface area contributed by atoms with Gasteiger partial charge in [0.05, 0.1) is 25.8 Å². The highest BCUT2D eigenvalue weighted by Crippen LogP contribution is 2.31. The Bertz CT molecular complexity index is 2190. The number of aromatic nitrogens is 8. The molecule has 12 nitrogen and oxygen atoms in total. The Morgan fingerprint density at radius 2 is 1.12 bits per heavy atom. The Hall–Kier alpha value is -4.90. The molecule has 296 valence electrons. The predicted molar refractivity (Wildman–Crippen MR) is 188 cm³/mol. The molecule has 0 saturated heterocycles. The Morgan fingerprint density at radius 3 is 1.50 bits per heavy atom. The number of ether oxygens (including phenoxy) is 2. The molecule has 0 bridgehead atoms. The van der Waals surface area contributed by atoms with Crippen molar-refractivity contribution in [3.05, 3.63) is 122 Å². The van der Waals surface area contributed by atoms with Crippen LogP contribution in [0, 0.1) is 11.6 Å². The maximum absolute atomic E-state index is 13.7. The van der Waals surface area contributed by atoms with Gasteiger partial charge >= 0.3 is 31.5 Å². The molecule has 24 heteroatoms. The number of hydrogen-bond acceptors (Lipinski definition) is 10. The molecule has 0 saturated carbocycles. The lowest BCUT2D eigenvalue weighted by molar-refractivity contribution is -0.142. The van der Waals surface area contributed by atoms with Crippen LogP contribution >= 0.6 is 39.1 Å². The molecule has 2 N–H and O–H groups in total. The van der Waals surface area contributed by atoms with Crippen LogP contribution in [0.4, 0.5) is 35.1 Å². The smallest absolute Gasteiger partial charge is 0.458 e. The summed E-state index contributed by atoms with van der Waals surface area (Å²) in [5.41, 5.74) is -1.48. The van der Waals surface area contributed by atoms with Crippen molar-refractivity contribution in [2.75, 3.05) is 0 Å². The molecule has 0 fully saturated rings. The van der Waals surface area contributed by atoms with Crippen LogP contribution in [-0.2, 0) is 39.7 Å². The van der Waals surface area contributed by atoms with Gasteiger partial charge in [-0.25, -0.2) is 28.7 Å². The second-order valence-corrected chi connectivity index (χ2v) is 12.6. The van der Waals surface area contributed by atoms with Crippen LogP contribution in [-0.4, -0.2) is 56.7 Å². The van der Waals surface area contributed by atoms with E-state index < -0.39 is 42.5 Å². The molecule has 0 atom stereocenters. The topological polar surface area (TPSA) is 146 Å². The van der Waals surface area contributed by atoms with Gasteiger partial charge in [0.1, 0.15) is 24.8 Å². The van der Waals surface area contributed by atoms with Gasteiger partial charge in [-0.2, -0.15) is 36.5 Å². The first-order valence-corrected chi connectivity index (χ1v) is 16.8. The quantitative estimate of drug-likeness (QED) is 0.121. The van der Waals surface area contributed by atoms with Crippen molar-refractivity contribution in [3.8, 4) is 23.3 Å². The van der Waals surface area contributed by atoms with E-state index in [2.05, 4.69) is 46.1 Å². The number of nitrogens with zero attached hydrogens (tertiary/aromatic N) is 8. The molecular weight excluding hydrogens is 874 g/mol. The Balaban J connectivity index is 0.000000200. The van der Waals surface area contributed by atoms with E-state index in [-0.39, 0.29) is 47.1 Å². The third-order valence-electron chi connectivity index (χ3n) is 6.98. The largest absolute Gasteiger partial charge is 0.507 e. The Morgan fingerprint density at radius 1 is 0.696 bits per heavy atom. The third-order valence-corrected chi connectivity index (χ3v) is 8.09. The lowest BCUT2D eigenvalue weighted by Gasteiger charge is -2.07. The first-order valence-electron chi connectivity index (χ1n) is 15.2. The van der Waals surface area contributed by atoms with Crippen LogP contribution in [0.15, 0.2) is 77.8 Å². The molecular formula is C32H24BBrCl2F8N8O4. The summed E-state index contributed by atoms with van der Waals surface area (Å²) in [4.78, 5) is 15.7. The van der Waals surface area contributed by atoms with Gasteiger partial charge in [0, 0.05) is 55.6 Å². The van der Waals surface area contributed by atoms with Gasteiger partial charge in [-0.1, -0.05) is 35.3 Å². The van der Waals surface area contributed by atoms with Gasteiger partial charge in [0.25, 0.3) is 0 Å². The van der Waals surface area contributed by atoms with E-state index >= 15 is 0 Å². The molecule has 0 amide bonds. The average molecular weight is 898 g/mol. The minimum absolute atomic E-state index is 0.00681. The molecule has 6 aromatic rings. The molecule has 0 unspecified atom stereocenters. The second kappa shape index (κ2) is 18.8. The van der Waals surface area contributed by atoms with Crippen molar-refractivity contribution in [3.63, 3.8) is 0 Å². The molecule has 0 spiro atoms. The number of alkyl halides is 6. The molecule has 4 heterocycles. The summed E-state index contributed by atoms with van der Waals surface area (Å²) < 4.78 is 114. The number of hydrogen-bond donors (Lipinski definition) is 2. The average Bonchev–Trinajstić information content (AvgIpc) is 3.73. The molecule has 0 radical (unpaired) electrons. The van der Waals surface area contributed by atoms with E-state index in [1.54, 1.807) is 18.5 Å². The van der Waals surface area contributed by atoms with Crippen LogP contribution in [0.5, 0.6) is 12.0 Å². The minimum atomic E-state index is -4.56. The fraction of sp³-hybridized carbons (Fsp3) is 0.188. The third kappa shape index (κ3) is 12.1. The van der Waals surface area contributed by atoms with Gasteiger partial charge in [-0.05, 0) is 52.3 Å². The van der Waals surface area contributed by atoms with E-state index in [9.17, 15) is 35.1 Å². The van der Waals surface area contributed by atoms with Crippen LogP contribution in [0.1, 0.15) is 22.5 Å². The first-order chi connectivity index (χ1) is 26.2. The first kappa shape index (κ1) is 43.8. The van der Waals surface area contributed by atoms with Crippen LogP contribution < -0.4 is 15.1 Å². The lowest BCUT2D eigenvalue weighted by atomic mass is 9.86. The number of aryl methyl sites for hydroxylation is 2. The Kier molecular flexibility index (Phi) is 14.7. The Labute approximate surface area is 330 Å². The van der Waals surface area contributed by atoms with Crippen molar-refractivity contribution < 1.29 is 54.6 Å². The fourth-order valence-electron chi connectivity index (χ4n) is 4.25. The minimum Gasteiger partial charge on any atom is -0.458 e. The summed E-state index contributed by atoms with van der Waals surface area (Å²) >= 11 is 15.0. The van der Waals surface area contributed by atoms with Gasteiger partial charge < -0.3 is 19.5 Å². The van der Waals surface area contributed by atoms with Gasteiger partial charge in [-0.3, -0.25) is 9.36 Å². The van der Waals surface area contributed by atoms with E-state index in [4.69, 9.17) is 42.7 Å². The van der Waals surface area contributed by atoms with Crippen molar-refractivity contribution in [1.82, 2.24) is 39.5 Å². The lowest BCUT2D eigenvalue weighted by Crippen LogP contribution is -2.35. The summed E-state index contributed by atoms with van der Waals surface area (Å²) in [6, 6.07) is 10.3. The molecule has 4 aromatic heterocycles. The highest BCUT2D eigenvalue weighted by Gasteiger charge is 2.36. The van der Waals surface area contributed by atoms with Gasteiger partial charge in [0.15, 0.2) is 11.4 Å². The van der Waals surface area contributed by atoms with Crippen LogP contribution in [0.3, 0.4) is 0 Å². The number of benzene rings is 2. The summed E-state index contributed by atoms with van der Waals surface area (Å²) in [6.07, 6.45) is -3.43. The molecule has 56 heavy (non-hydrogen) atoms. The van der Waals surface area contributed by atoms with Crippen LogP contribution in [0.25, 0.3) is 11.3 Å². The summed E-state index contributed by atoms with van der Waals surface area (Å²) in [5, 5.41) is 24.2. The van der Waals surface area contributed by atoms with Gasteiger partial charge in [-0.15, -0.1) is 0 Å². The van der Waals surface area contributed by atoms with Crippen molar-refractivity contribution in [2.24, 2.45) is 14.1 Å². The fourth-order valence-corrected chi connectivity index (χ4v) is 4.89. The van der Waals surface area contributed by atoms with E-state index in [1.165, 1.54) is 56.8 Å². The standard InChI is InChI=1S/C16H11ClF4N4O.C11H7BrClFN2O.C5H6BF3N2O2/c1-25-13(5-14(24-25)16(19,20)21)9-6-22-15(23-7-9)26-8-10-11(17)3-2-4-12(10)18;12-7-4-15-11(16-5-7)17-6-8-9(13)2-1-3-10(8)14;1-11-4(6(12)13)2-3(10-11)5(7,8)9/h2-7H,8H2,1H3;1-5H,6H2;2,12-13H,1H3. The maximum atomic E-state index is 13.7. The zero-order valence-electron chi connectivity index (χ0n) is 28.4. The highest BCUT2D eigenvalue weighted by atomic mass is 79.9.